The molecule has 2 aromatic carbocycles. The van der Waals surface area contributed by atoms with Crippen molar-refractivity contribution in [1.29, 1.82) is 0 Å². The highest BCUT2D eigenvalue weighted by Crippen LogP contribution is 2.38. The highest BCUT2D eigenvalue weighted by atomic mass is 79.9. The Morgan fingerprint density at radius 3 is 2.67 bits per heavy atom. The zero-order valence-corrected chi connectivity index (χ0v) is 17.5. The SMILES string of the molecule is O=C(NCc1ncc(-c2ccc(Br)cc2)[nH]1)Nc1nc2cccc(C(F)(F)F)c2s1. The van der Waals surface area contributed by atoms with Gasteiger partial charge in [0.05, 0.1) is 34.2 Å². The molecular weight excluding hydrogens is 483 g/mol. The molecule has 154 valence electrons. The maximum absolute atomic E-state index is 13.1. The van der Waals surface area contributed by atoms with E-state index >= 15 is 0 Å². The first-order valence-corrected chi connectivity index (χ1v) is 10.2. The van der Waals surface area contributed by atoms with Crippen molar-refractivity contribution in [2.75, 3.05) is 5.32 Å². The van der Waals surface area contributed by atoms with E-state index in [2.05, 4.69) is 41.5 Å². The Bertz CT molecular complexity index is 1200. The van der Waals surface area contributed by atoms with E-state index in [9.17, 15) is 18.0 Å². The minimum atomic E-state index is -4.49. The molecule has 11 heteroatoms. The minimum absolute atomic E-state index is 0.0227. The summed E-state index contributed by atoms with van der Waals surface area (Å²) in [6.07, 6.45) is -2.83. The lowest BCUT2D eigenvalue weighted by atomic mass is 10.2. The van der Waals surface area contributed by atoms with E-state index < -0.39 is 17.8 Å². The van der Waals surface area contributed by atoms with Crippen molar-refractivity contribution in [3.63, 3.8) is 0 Å². The molecule has 0 aliphatic rings. The van der Waals surface area contributed by atoms with Crippen molar-refractivity contribution in [1.82, 2.24) is 20.3 Å². The number of carbonyl (C=O) groups is 1. The van der Waals surface area contributed by atoms with Crippen LogP contribution in [0.3, 0.4) is 0 Å². The average molecular weight is 496 g/mol. The van der Waals surface area contributed by atoms with Crippen LogP contribution in [0.5, 0.6) is 0 Å². The molecule has 0 aliphatic heterocycles. The van der Waals surface area contributed by atoms with Gasteiger partial charge >= 0.3 is 12.2 Å². The number of alkyl halides is 3. The number of carbonyl (C=O) groups excluding carboxylic acids is 1. The highest BCUT2D eigenvalue weighted by molar-refractivity contribution is 9.10. The molecule has 4 rings (SSSR count). The molecule has 2 amide bonds. The quantitative estimate of drug-likeness (QED) is 0.335. The van der Waals surface area contributed by atoms with Gasteiger partial charge in [-0.1, -0.05) is 45.5 Å². The van der Waals surface area contributed by atoms with Crippen LogP contribution in [0.4, 0.5) is 23.1 Å². The lowest BCUT2D eigenvalue weighted by Gasteiger charge is -2.06. The van der Waals surface area contributed by atoms with Crippen LogP contribution in [-0.2, 0) is 12.7 Å². The molecule has 0 unspecified atom stereocenters. The van der Waals surface area contributed by atoms with Crippen molar-refractivity contribution in [3.05, 3.63) is 64.5 Å². The van der Waals surface area contributed by atoms with Gasteiger partial charge in [0, 0.05) is 4.47 Å². The molecule has 0 bridgehead atoms. The number of fused-ring (bicyclic) bond motifs is 1. The number of nitrogens with one attached hydrogen (secondary N) is 3. The van der Waals surface area contributed by atoms with Gasteiger partial charge in [-0.15, -0.1) is 0 Å². The van der Waals surface area contributed by atoms with E-state index in [0.29, 0.717) is 5.82 Å². The second kappa shape index (κ2) is 8.07. The van der Waals surface area contributed by atoms with Gasteiger partial charge < -0.3 is 10.3 Å². The van der Waals surface area contributed by atoms with E-state index in [-0.39, 0.29) is 21.9 Å². The zero-order chi connectivity index (χ0) is 21.3. The normalized spacial score (nSPS) is 11.6. The summed E-state index contributed by atoms with van der Waals surface area (Å²) in [5.74, 6) is 0.534. The van der Waals surface area contributed by atoms with E-state index in [1.165, 1.54) is 12.1 Å². The van der Waals surface area contributed by atoms with Crippen molar-refractivity contribution in [2.24, 2.45) is 0 Å². The number of aromatic amines is 1. The topological polar surface area (TPSA) is 82.7 Å². The molecule has 0 spiro atoms. The number of H-pyrrole nitrogens is 1. The van der Waals surface area contributed by atoms with E-state index in [0.717, 1.165) is 33.1 Å². The summed E-state index contributed by atoms with van der Waals surface area (Å²) in [5, 5.41) is 5.15. The van der Waals surface area contributed by atoms with Gasteiger partial charge in [0.1, 0.15) is 5.82 Å². The number of aromatic nitrogens is 3. The van der Waals surface area contributed by atoms with Crippen molar-refractivity contribution >= 4 is 48.6 Å². The maximum Gasteiger partial charge on any atom is 0.417 e. The Morgan fingerprint density at radius 2 is 1.93 bits per heavy atom. The minimum Gasteiger partial charge on any atom is -0.341 e. The lowest BCUT2D eigenvalue weighted by molar-refractivity contribution is -0.136. The molecular formula is C19H13BrF3N5OS. The average Bonchev–Trinajstić information content (AvgIpc) is 3.32. The number of rotatable bonds is 4. The predicted molar refractivity (Wildman–Crippen MR) is 112 cm³/mol. The molecule has 0 radical (unpaired) electrons. The maximum atomic E-state index is 13.1. The number of benzene rings is 2. The van der Waals surface area contributed by atoms with Crippen molar-refractivity contribution < 1.29 is 18.0 Å². The Morgan fingerprint density at radius 1 is 1.17 bits per heavy atom. The van der Waals surface area contributed by atoms with Gasteiger partial charge in [0.2, 0.25) is 0 Å². The number of halogens is 4. The highest BCUT2D eigenvalue weighted by Gasteiger charge is 2.33. The molecule has 0 fully saturated rings. The Balaban J connectivity index is 1.40. The van der Waals surface area contributed by atoms with Crippen LogP contribution in [0.1, 0.15) is 11.4 Å². The van der Waals surface area contributed by atoms with E-state index in [1.807, 2.05) is 24.3 Å². The van der Waals surface area contributed by atoms with Gasteiger partial charge in [0.25, 0.3) is 0 Å². The summed E-state index contributed by atoms with van der Waals surface area (Å²) in [7, 11) is 0. The fourth-order valence-corrected chi connectivity index (χ4v) is 4.02. The largest absolute Gasteiger partial charge is 0.417 e. The molecule has 2 heterocycles. The third kappa shape index (κ3) is 4.46. The summed E-state index contributed by atoms with van der Waals surface area (Å²) < 4.78 is 40.3. The molecule has 2 aromatic heterocycles. The number of hydrogen-bond acceptors (Lipinski definition) is 4. The number of nitrogens with zero attached hydrogens (tertiary/aromatic N) is 2. The number of amides is 2. The fourth-order valence-electron chi connectivity index (χ4n) is 2.76. The summed E-state index contributed by atoms with van der Waals surface area (Å²) in [6.45, 7) is 0.112. The van der Waals surface area contributed by atoms with Crippen molar-refractivity contribution in [2.45, 2.75) is 12.7 Å². The van der Waals surface area contributed by atoms with E-state index in [1.54, 1.807) is 6.20 Å². The molecule has 4 aromatic rings. The third-order valence-corrected chi connectivity index (χ3v) is 5.69. The summed E-state index contributed by atoms with van der Waals surface area (Å²) >= 11 is 4.15. The molecule has 6 nitrogen and oxygen atoms in total. The standard InChI is InChI=1S/C19H13BrF3N5OS/c20-11-6-4-10(5-7-11)14-8-24-15(26-14)9-25-17(29)28-18-27-13-3-1-2-12(16(13)30-18)19(21,22)23/h1-8H,9H2,(H,24,26)(H2,25,27,28,29). The number of anilines is 1. The molecule has 3 N–H and O–H groups in total. The summed E-state index contributed by atoms with van der Waals surface area (Å²) in [4.78, 5) is 23.5. The summed E-state index contributed by atoms with van der Waals surface area (Å²) in [6, 6.07) is 10.8. The van der Waals surface area contributed by atoms with Gasteiger partial charge in [-0.05, 0) is 29.8 Å². The number of urea groups is 1. The first kappa shape index (κ1) is 20.4. The van der Waals surface area contributed by atoms with Gasteiger partial charge in [-0.25, -0.2) is 14.8 Å². The summed E-state index contributed by atoms with van der Waals surface area (Å²) in [5.41, 5.74) is 1.14. The van der Waals surface area contributed by atoms with Crippen LogP contribution in [0.2, 0.25) is 0 Å². The van der Waals surface area contributed by atoms with Gasteiger partial charge in [0.15, 0.2) is 5.13 Å². The zero-order valence-electron chi connectivity index (χ0n) is 15.0. The fraction of sp³-hybridized carbons (Fsp3) is 0.105. The van der Waals surface area contributed by atoms with Crippen LogP contribution >= 0.6 is 27.3 Å². The van der Waals surface area contributed by atoms with Gasteiger partial charge in [-0.3, -0.25) is 5.32 Å². The Labute approximate surface area is 180 Å². The first-order chi connectivity index (χ1) is 14.3. The number of imidazole rings is 1. The number of hydrogen-bond donors (Lipinski definition) is 3. The Kier molecular flexibility index (Phi) is 5.48. The van der Waals surface area contributed by atoms with E-state index in [4.69, 9.17) is 0 Å². The number of thiazole rings is 1. The lowest BCUT2D eigenvalue weighted by Crippen LogP contribution is -2.28. The molecule has 0 saturated heterocycles. The molecule has 0 aliphatic carbocycles. The molecule has 0 atom stereocenters. The second-order valence-electron chi connectivity index (χ2n) is 6.23. The second-order valence-corrected chi connectivity index (χ2v) is 8.14. The Hall–Kier alpha value is -2.92. The predicted octanol–water partition coefficient (Wildman–Crippen LogP) is 5.79. The van der Waals surface area contributed by atoms with Crippen LogP contribution in [0, 0.1) is 0 Å². The monoisotopic (exact) mass is 495 g/mol. The smallest absolute Gasteiger partial charge is 0.341 e. The third-order valence-electron chi connectivity index (χ3n) is 4.14. The van der Waals surface area contributed by atoms with Crippen LogP contribution in [0.25, 0.3) is 21.5 Å². The van der Waals surface area contributed by atoms with Gasteiger partial charge in [-0.2, -0.15) is 13.2 Å². The molecule has 0 saturated carbocycles. The van der Waals surface area contributed by atoms with Crippen LogP contribution in [-0.4, -0.2) is 21.0 Å². The first-order valence-electron chi connectivity index (χ1n) is 8.61. The van der Waals surface area contributed by atoms with Crippen LogP contribution < -0.4 is 10.6 Å². The van der Waals surface area contributed by atoms with Crippen LogP contribution in [0.15, 0.2) is 53.1 Å². The van der Waals surface area contributed by atoms with Crippen molar-refractivity contribution in [3.8, 4) is 11.3 Å². The molecule has 30 heavy (non-hydrogen) atoms.